The third-order valence-electron chi connectivity index (χ3n) is 4.75. The van der Waals surface area contributed by atoms with Crippen molar-refractivity contribution in [3.05, 3.63) is 48.0 Å². The molecule has 1 saturated heterocycles. The number of hydrogen-bond acceptors (Lipinski definition) is 3. The molecule has 0 aromatic heterocycles. The lowest BCUT2D eigenvalue weighted by molar-refractivity contribution is 0.0900. The van der Waals surface area contributed by atoms with Gasteiger partial charge in [-0.25, -0.2) is 0 Å². The third kappa shape index (κ3) is 2.82. The largest absolute Gasteiger partial charge is 0.312 e. The Hall–Kier alpha value is -1.42. The number of likely N-dealkylation sites (N-methyl/N-ethyl adjacent to an activating group) is 3. The van der Waals surface area contributed by atoms with Crippen molar-refractivity contribution in [3.8, 4) is 0 Å². The van der Waals surface area contributed by atoms with Gasteiger partial charge in [0.15, 0.2) is 0 Å². The second-order valence-electron chi connectivity index (χ2n) is 6.14. The Morgan fingerprint density at radius 1 is 1.05 bits per heavy atom. The number of hydrogen-bond donors (Lipinski definition) is 1. The molecule has 3 rings (SSSR count). The summed E-state index contributed by atoms with van der Waals surface area (Å²) in [5.41, 5.74) is 1.41. The molecule has 0 bridgehead atoms. The molecule has 0 saturated carbocycles. The van der Waals surface area contributed by atoms with Crippen LogP contribution in [0, 0.1) is 0 Å². The normalized spacial score (nSPS) is 22.5. The van der Waals surface area contributed by atoms with E-state index >= 15 is 0 Å². The van der Waals surface area contributed by atoms with E-state index in [0.29, 0.717) is 12.1 Å². The summed E-state index contributed by atoms with van der Waals surface area (Å²) in [5.74, 6) is 0. The molecule has 112 valence electrons. The maximum absolute atomic E-state index is 3.56. The summed E-state index contributed by atoms with van der Waals surface area (Å²) in [6, 6.07) is 16.2. The number of piperazine rings is 1. The quantitative estimate of drug-likeness (QED) is 0.933. The van der Waals surface area contributed by atoms with Crippen LogP contribution in [0.25, 0.3) is 10.8 Å². The van der Waals surface area contributed by atoms with Gasteiger partial charge in [-0.3, -0.25) is 4.90 Å². The van der Waals surface area contributed by atoms with Crippen molar-refractivity contribution in [2.24, 2.45) is 0 Å². The highest BCUT2D eigenvalue weighted by molar-refractivity contribution is 5.86. The van der Waals surface area contributed by atoms with Gasteiger partial charge in [-0.15, -0.1) is 0 Å². The second kappa shape index (κ2) is 6.14. The molecule has 2 aromatic rings. The molecular weight excluding hydrogens is 258 g/mol. The first kappa shape index (κ1) is 14.5. The summed E-state index contributed by atoms with van der Waals surface area (Å²) in [5, 5.41) is 6.25. The first-order chi connectivity index (χ1) is 10.2. The van der Waals surface area contributed by atoms with Crippen LogP contribution in [-0.2, 0) is 0 Å². The molecule has 2 atom stereocenters. The summed E-state index contributed by atoms with van der Waals surface area (Å²) in [7, 11) is 6.54. The van der Waals surface area contributed by atoms with Crippen LogP contribution in [0.15, 0.2) is 42.5 Å². The first-order valence-corrected chi connectivity index (χ1v) is 7.74. The lowest BCUT2D eigenvalue weighted by atomic mass is 9.92. The SMILES string of the molecule is CNC(c1cccc2ccccc12)C1CN(C)CCN1C. The summed E-state index contributed by atoms with van der Waals surface area (Å²) < 4.78 is 0. The molecule has 3 nitrogen and oxygen atoms in total. The average molecular weight is 283 g/mol. The Labute approximate surface area is 127 Å². The van der Waals surface area contributed by atoms with Gasteiger partial charge in [-0.05, 0) is 37.5 Å². The van der Waals surface area contributed by atoms with Crippen LogP contribution in [0.5, 0.6) is 0 Å². The fraction of sp³-hybridized carbons (Fsp3) is 0.444. The van der Waals surface area contributed by atoms with Crippen LogP contribution in [0.3, 0.4) is 0 Å². The summed E-state index contributed by atoms with van der Waals surface area (Å²) in [6.45, 7) is 3.38. The molecule has 2 aromatic carbocycles. The average Bonchev–Trinajstić information content (AvgIpc) is 2.51. The van der Waals surface area contributed by atoms with Crippen molar-refractivity contribution in [1.82, 2.24) is 15.1 Å². The zero-order valence-corrected chi connectivity index (χ0v) is 13.2. The Balaban J connectivity index is 2.01. The van der Waals surface area contributed by atoms with Crippen molar-refractivity contribution in [2.45, 2.75) is 12.1 Å². The predicted molar refractivity (Wildman–Crippen MR) is 89.7 cm³/mol. The Bertz CT molecular complexity index is 605. The van der Waals surface area contributed by atoms with Crippen LogP contribution >= 0.6 is 0 Å². The van der Waals surface area contributed by atoms with Gasteiger partial charge in [0.05, 0.1) is 0 Å². The van der Waals surface area contributed by atoms with E-state index < -0.39 is 0 Å². The maximum atomic E-state index is 3.56. The van der Waals surface area contributed by atoms with Gasteiger partial charge in [0, 0.05) is 31.7 Å². The van der Waals surface area contributed by atoms with E-state index in [1.165, 1.54) is 16.3 Å². The highest BCUT2D eigenvalue weighted by Gasteiger charge is 2.30. The Kier molecular flexibility index (Phi) is 4.24. The molecule has 1 heterocycles. The van der Waals surface area contributed by atoms with Gasteiger partial charge >= 0.3 is 0 Å². The number of nitrogens with one attached hydrogen (secondary N) is 1. The molecule has 3 heteroatoms. The Morgan fingerprint density at radius 3 is 2.62 bits per heavy atom. The van der Waals surface area contributed by atoms with E-state index in [9.17, 15) is 0 Å². The van der Waals surface area contributed by atoms with Gasteiger partial charge in [0.25, 0.3) is 0 Å². The van der Waals surface area contributed by atoms with Gasteiger partial charge in [0.1, 0.15) is 0 Å². The topological polar surface area (TPSA) is 18.5 Å². The fourth-order valence-corrected chi connectivity index (χ4v) is 3.48. The van der Waals surface area contributed by atoms with E-state index in [1.54, 1.807) is 0 Å². The van der Waals surface area contributed by atoms with Crippen molar-refractivity contribution >= 4 is 10.8 Å². The van der Waals surface area contributed by atoms with Crippen molar-refractivity contribution in [1.29, 1.82) is 0 Å². The number of rotatable bonds is 3. The summed E-state index contributed by atoms with van der Waals surface area (Å²) >= 11 is 0. The van der Waals surface area contributed by atoms with Crippen LogP contribution in [0.1, 0.15) is 11.6 Å². The monoisotopic (exact) mass is 283 g/mol. The van der Waals surface area contributed by atoms with E-state index in [0.717, 1.165) is 19.6 Å². The highest BCUT2D eigenvalue weighted by Crippen LogP contribution is 2.29. The fourth-order valence-electron chi connectivity index (χ4n) is 3.48. The van der Waals surface area contributed by atoms with Crippen molar-refractivity contribution in [3.63, 3.8) is 0 Å². The van der Waals surface area contributed by atoms with Crippen molar-refractivity contribution in [2.75, 3.05) is 40.8 Å². The molecule has 21 heavy (non-hydrogen) atoms. The number of benzene rings is 2. The van der Waals surface area contributed by atoms with Crippen LogP contribution in [-0.4, -0.2) is 56.6 Å². The first-order valence-electron chi connectivity index (χ1n) is 7.74. The number of fused-ring (bicyclic) bond motifs is 1. The minimum Gasteiger partial charge on any atom is -0.312 e. The second-order valence-corrected chi connectivity index (χ2v) is 6.14. The predicted octanol–water partition coefficient (Wildman–Crippen LogP) is 2.35. The Morgan fingerprint density at radius 2 is 1.81 bits per heavy atom. The lowest BCUT2D eigenvalue weighted by Crippen LogP contribution is -2.54. The standard InChI is InChI=1S/C18H25N3/c1-19-18(17-13-20(2)11-12-21(17)3)16-10-6-8-14-7-4-5-9-15(14)16/h4-10,17-19H,11-13H2,1-3H3. The molecule has 2 unspecified atom stereocenters. The van der Waals surface area contributed by atoms with Gasteiger partial charge in [0.2, 0.25) is 0 Å². The maximum Gasteiger partial charge on any atom is 0.0494 e. The van der Waals surface area contributed by atoms with E-state index in [2.05, 4.69) is 78.7 Å². The molecule has 1 aliphatic heterocycles. The van der Waals surface area contributed by atoms with Gasteiger partial charge in [-0.2, -0.15) is 0 Å². The smallest absolute Gasteiger partial charge is 0.0494 e. The molecule has 1 fully saturated rings. The summed E-state index contributed by atoms with van der Waals surface area (Å²) in [6.07, 6.45) is 0. The van der Waals surface area contributed by atoms with Gasteiger partial charge < -0.3 is 10.2 Å². The highest BCUT2D eigenvalue weighted by atomic mass is 15.3. The summed E-state index contributed by atoms with van der Waals surface area (Å²) in [4.78, 5) is 4.92. The molecule has 1 aliphatic rings. The molecule has 0 amide bonds. The van der Waals surface area contributed by atoms with Crippen molar-refractivity contribution < 1.29 is 0 Å². The van der Waals surface area contributed by atoms with E-state index in [-0.39, 0.29) is 0 Å². The van der Waals surface area contributed by atoms with Crippen LogP contribution in [0.4, 0.5) is 0 Å². The molecule has 0 aliphatic carbocycles. The molecule has 0 radical (unpaired) electrons. The van der Waals surface area contributed by atoms with E-state index in [1.807, 2.05) is 0 Å². The minimum atomic E-state index is 0.351. The zero-order chi connectivity index (χ0) is 14.8. The van der Waals surface area contributed by atoms with Crippen LogP contribution < -0.4 is 5.32 Å². The zero-order valence-electron chi connectivity index (χ0n) is 13.2. The van der Waals surface area contributed by atoms with E-state index in [4.69, 9.17) is 0 Å². The molecule has 0 spiro atoms. The van der Waals surface area contributed by atoms with Gasteiger partial charge in [-0.1, -0.05) is 42.5 Å². The van der Waals surface area contributed by atoms with Crippen LogP contribution in [0.2, 0.25) is 0 Å². The molecule has 1 N–H and O–H groups in total. The lowest BCUT2D eigenvalue weighted by Gasteiger charge is -2.42. The number of nitrogens with zero attached hydrogens (tertiary/aromatic N) is 2. The minimum absolute atomic E-state index is 0.351. The third-order valence-corrected chi connectivity index (χ3v) is 4.75. The molecular formula is C18H25N3.